The van der Waals surface area contributed by atoms with E-state index in [0.717, 1.165) is 17.6 Å². The molecular weight excluding hydrogens is 254 g/mol. The number of imidazole rings is 1. The maximum Gasteiger partial charge on any atom is 0.176 e. The summed E-state index contributed by atoms with van der Waals surface area (Å²) in [6, 6.07) is 0. The molecule has 0 aromatic carbocycles. The average Bonchev–Trinajstić information content (AvgIpc) is 2.34. The van der Waals surface area contributed by atoms with Crippen LogP contribution in [0.5, 0.6) is 0 Å². The van der Waals surface area contributed by atoms with Crippen molar-refractivity contribution in [1.82, 2.24) is 9.55 Å². The molecular formula is C7H17N3O2S3. The Morgan fingerprint density at radius 2 is 2.07 bits per heavy atom. The summed E-state index contributed by atoms with van der Waals surface area (Å²) in [5.74, 6) is 0. The van der Waals surface area contributed by atoms with Crippen LogP contribution in [0.15, 0.2) is 12.4 Å². The summed E-state index contributed by atoms with van der Waals surface area (Å²) in [5, 5.41) is 0. The molecule has 1 atom stereocenters. The van der Waals surface area contributed by atoms with Gasteiger partial charge in [0.05, 0.1) is 0 Å². The van der Waals surface area contributed by atoms with Crippen LogP contribution in [0, 0.1) is 4.77 Å². The zero-order valence-electron chi connectivity index (χ0n) is 8.97. The molecule has 8 heteroatoms. The number of aromatic amines is 1. The minimum absolute atomic E-state index is 0.750. The van der Waals surface area contributed by atoms with Gasteiger partial charge in [0.25, 0.3) is 0 Å². The number of nitrogens with one attached hydrogen (secondary N) is 1. The Morgan fingerprint density at radius 1 is 1.73 bits per heavy atom. The molecule has 90 valence electrons. The molecule has 0 aliphatic rings. The SMILES string of the molecule is CCN.CS(=O)(O)=S.Cn1cc[nH]c1=S. The number of nitrogens with zero attached hydrogens (tertiary/aromatic N) is 1. The smallest absolute Gasteiger partial charge is 0.176 e. The van der Waals surface area contributed by atoms with Gasteiger partial charge >= 0.3 is 0 Å². The highest BCUT2D eigenvalue weighted by atomic mass is 32.8. The van der Waals surface area contributed by atoms with E-state index in [1.165, 1.54) is 0 Å². The fourth-order valence-corrected chi connectivity index (χ4v) is 0.519. The Balaban J connectivity index is 0. The van der Waals surface area contributed by atoms with Crippen LogP contribution in [0.25, 0.3) is 0 Å². The second-order valence-electron chi connectivity index (χ2n) is 2.52. The standard InChI is InChI=1S/C4H6N2S.C2H7N.CH4O2S2/c1-6-3-2-5-4(6)7;1-2-3;1-5(2,3)4/h2-3H,1H3,(H,5,7);2-3H2,1H3;1H3,(H,2,3,4). The highest BCUT2D eigenvalue weighted by Gasteiger charge is 1.76. The summed E-state index contributed by atoms with van der Waals surface area (Å²) in [6.07, 6.45) is 4.77. The molecule has 0 saturated heterocycles. The molecule has 0 amide bonds. The van der Waals surface area contributed by atoms with Crippen LogP contribution in [0.2, 0.25) is 0 Å². The lowest BCUT2D eigenvalue weighted by Crippen LogP contribution is -1.87. The van der Waals surface area contributed by atoms with Gasteiger partial charge in [-0.05, 0) is 18.8 Å². The summed E-state index contributed by atoms with van der Waals surface area (Å²) < 4.78 is 20.0. The first-order chi connectivity index (χ1) is 6.72. The van der Waals surface area contributed by atoms with E-state index >= 15 is 0 Å². The van der Waals surface area contributed by atoms with Gasteiger partial charge in [0.15, 0.2) is 4.77 Å². The molecule has 15 heavy (non-hydrogen) atoms. The predicted molar refractivity (Wildman–Crippen MR) is 69.4 cm³/mol. The van der Waals surface area contributed by atoms with Crippen LogP contribution >= 0.6 is 12.2 Å². The number of nitrogens with two attached hydrogens (primary N) is 1. The van der Waals surface area contributed by atoms with E-state index in [-0.39, 0.29) is 0 Å². The summed E-state index contributed by atoms with van der Waals surface area (Å²) >= 11 is 8.70. The molecule has 5 nitrogen and oxygen atoms in total. The molecule has 1 aromatic rings. The number of aromatic nitrogens is 2. The Morgan fingerprint density at radius 3 is 2.13 bits per heavy atom. The molecule has 0 bridgehead atoms. The van der Waals surface area contributed by atoms with Crippen molar-refractivity contribution < 1.29 is 8.76 Å². The van der Waals surface area contributed by atoms with Crippen molar-refractivity contribution in [3.63, 3.8) is 0 Å². The van der Waals surface area contributed by atoms with Gasteiger partial charge < -0.3 is 19.8 Å². The summed E-state index contributed by atoms with van der Waals surface area (Å²) in [5.41, 5.74) is 4.85. The molecule has 1 unspecified atom stereocenters. The molecule has 0 saturated carbocycles. The first kappa shape index (κ1) is 17.1. The van der Waals surface area contributed by atoms with Gasteiger partial charge in [-0.1, -0.05) is 6.92 Å². The maximum atomic E-state index is 9.56. The second-order valence-corrected chi connectivity index (χ2v) is 6.23. The van der Waals surface area contributed by atoms with E-state index in [1.807, 2.05) is 30.9 Å². The van der Waals surface area contributed by atoms with Crippen LogP contribution in [0.3, 0.4) is 0 Å². The highest BCUT2D eigenvalue weighted by Crippen LogP contribution is 1.81. The fourth-order valence-electron chi connectivity index (χ4n) is 0.390. The normalized spacial score (nSPS) is 12.6. The van der Waals surface area contributed by atoms with Gasteiger partial charge in [-0.2, -0.15) is 0 Å². The third-order valence-corrected chi connectivity index (χ3v) is 1.23. The molecule has 0 radical (unpaired) electrons. The first-order valence-corrected chi connectivity index (χ1v) is 7.30. The zero-order chi connectivity index (χ0) is 12.5. The Bertz CT molecular complexity index is 386. The number of H-pyrrole nitrogens is 1. The molecule has 0 aliphatic heterocycles. The third kappa shape index (κ3) is 19.9. The predicted octanol–water partition coefficient (Wildman–Crippen LogP) is 0.883. The molecule has 4 N–H and O–H groups in total. The van der Waals surface area contributed by atoms with Gasteiger partial charge in [0.1, 0.15) is 8.77 Å². The van der Waals surface area contributed by atoms with Gasteiger partial charge in [-0.3, -0.25) is 0 Å². The van der Waals surface area contributed by atoms with Crippen molar-refractivity contribution in [1.29, 1.82) is 0 Å². The van der Waals surface area contributed by atoms with Crippen molar-refractivity contribution in [3.8, 4) is 0 Å². The van der Waals surface area contributed by atoms with Crippen LogP contribution in [0.1, 0.15) is 6.92 Å². The monoisotopic (exact) mass is 271 g/mol. The number of hydrogen-bond acceptors (Lipinski definition) is 4. The molecule has 1 rings (SSSR count). The van der Waals surface area contributed by atoms with Gasteiger partial charge in [-0.15, -0.1) is 0 Å². The van der Waals surface area contributed by atoms with E-state index in [0.29, 0.717) is 0 Å². The average molecular weight is 271 g/mol. The third-order valence-electron chi connectivity index (χ3n) is 0.825. The molecule has 1 heterocycles. The maximum absolute atomic E-state index is 9.56. The van der Waals surface area contributed by atoms with Crippen molar-refractivity contribution in [2.75, 3.05) is 12.8 Å². The molecule has 0 aliphatic carbocycles. The Labute approximate surface area is 100 Å². The lowest BCUT2D eigenvalue weighted by atomic mass is 10.8. The van der Waals surface area contributed by atoms with Crippen molar-refractivity contribution in [2.24, 2.45) is 12.8 Å². The summed E-state index contributed by atoms with van der Waals surface area (Å²) in [6.45, 7) is 2.65. The van der Waals surface area contributed by atoms with E-state index in [1.54, 1.807) is 0 Å². The lowest BCUT2D eigenvalue weighted by Gasteiger charge is -1.79. The van der Waals surface area contributed by atoms with E-state index in [4.69, 9.17) is 22.5 Å². The van der Waals surface area contributed by atoms with Gasteiger partial charge in [0, 0.05) is 36.9 Å². The van der Waals surface area contributed by atoms with Crippen LogP contribution in [0.4, 0.5) is 0 Å². The zero-order valence-corrected chi connectivity index (χ0v) is 11.4. The first-order valence-electron chi connectivity index (χ1n) is 4.04. The van der Waals surface area contributed by atoms with Gasteiger partial charge in [0.2, 0.25) is 0 Å². The second kappa shape index (κ2) is 8.98. The number of aryl methyl sites for hydroxylation is 1. The van der Waals surface area contributed by atoms with Crippen LogP contribution in [-0.2, 0) is 27.0 Å². The lowest BCUT2D eigenvalue weighted by molar-refractivity contribution is 0.568. The topological polar surface area (TPSA) is 84.0 Å². The Kier molecular flexibility index (Phi) is 10.3. The Hall–Kier alpha value is -0.280. The highest BCUT2D eigenvalue weighted by molar-refractivity contribution is 8.29. The van der Waals surface area contributed by atoms with Crippen molar-refractivity contribution >= 4 is 32.2 Å². The van der Waals surface area contributed by atoms with Crippen molar-refractivity contribution in [2.45, 2.75) is 6.92 Å². The number of rotatable bonds is 0. The van der Waals surface area contributed by atoms with Crippen LogP contribution < -0.4 is 5.73 Å². The minimum atomic E-state index is -2.83. The molecule has 1 aromatic heterocycles. The summed E-state index contributed by atoms with van der Waals surface area (Å²) in [4.78, 5) is 2.85. The van der Waals surface area contributed by atoms with E-state index in [9.17, 15) is 4.21 Å². The minimum Gasteiger partial charge on any atom is -0.337 e. The van der Waals surface area contributed by atoms with E-state index < -0.39 is 8.77 Å². The molecule has 0 fully saturated rings. The van der Waals surface area contributed by atoms with Crippen molar-refractivity contribution in [3.05, 3.63) is 17.2 Å². The number of hydrogen-bond donors (Lipinski definition) is 3. The summed E-state index contributed by atoms with van der Waals surface area (Å²) in [7, 11) is -0.932. The quantitative estimate of drug-likeness (QED) is 0.610. The largest absolute Gasteiger partial charge is 0.337 e. The molecule has 0 spiro atoms. The van der Waals surface area contributed by atoms with Crippen LogP contribution in [-0.4, -0.2) is 31.1 Å². The van der Waals surface area contributed by atoms with E-state index in [2.05, 4.69) is 16.2 Å². The fraction of sp³-hybridized carbons (Fsp3) is 0.571. The van der Waals surface area contributed by atoms with Gasteiger partial charge in [-0.25, -0.2) is 4.21 Å².